The van der Waals surface area contributed by atoms with E-state index in [0.29, 0.717) is 24.0 Å². The first-order chi connectivity index (χ1) is 14.6. The van der Waals surface area contributed by atoms with Crippen LogP contribution in [0, 0.1) is 6.92 Å². The molecule has 150 valence electrons. The molecule has 0 aromatic heterocycles. The highest BCUT2D eigenvalue weighted by Gasteiger charge is 2.24. The number of esters is 1. The fraction of sp³-hybridized carbons (Fsp3) is 0.120. The summed E-state index contributed by atoms with van der Waals surface area (Å²) in [5, 5.41) is 0. The van der Waals surface area contributed by atoms with Gasteiger partial charge in [-0.3, -0.25) is 0 Å². The Morgan fingerprint density at radius 1 is 0.967 bits per heavy atom. The van der Waals surface area contributed by atoms with Gasteiger partial charge >= 0.3 is 5.97 Å². The van der Waals surface area contributed by atoms with E-state index in [-0.39, 0.29) is 5.70 Å². The van der Waals surface area contributed by atoms with Crippen molar-refractivity contribution in [2.24, 2.45) is 4.99 Å². The minimum atomic E-state index is -0.479. The highest BCUT2D eigenvalue weighted by Crippen LogP contribution is 2.30. The molecule has 0 saturated heterocycles. The molecule has 0 amide bonds. The van der Waals surface area contributed by atoms with Crippen LogP contribution in [0.2, 0.25) is 0 Å². The highest BCUT2D eigenvalue weighted by atomic mass is 16.6. The third-order valence-electron chi connectivity index (χ3n) is 4.65. The number of ether oxygens (including phenoxy) is 3. The predicted molar refractivity (Wildman–Crippen MR) is 116 cm³/mol. The number of aliphatic imine (C=N–C) groups is 1. The molecule has 0 radical (unpaired) electrons. The summed E-state index contributed by atoms with van der Waals surface area (Å²) in [6.07, 6.45) is 1.67. The van der Waals surface area contributed by atoms with Gasteiger partial charge < -0.3 is 14.2 Å². The number of aryl methyl sites for hydroxylation is 1. The van der Waals surface area contributed by atoms with Crippen LogP contribution in [0.15, 0.2) is 83.5 Å². The molecule has 4 rings (SSSR count). The Morgan fingerprint density at radius 3 is 2.47 bits per heavy atom. The Hall–Kier alpha value is -3.86. The van der Waals surface area contributed by atoms with Crippen LogP contribution in [0.5, 0.6) is 11.5 Å². The van der Waals surface area contributed by atoms with Crippen molar-refractivity contribution in [3.05, 3.63) is 101 Å². The molecule has 3 aromatic carbocycles. The van der Waals surface area contributed by atoms with Crippen LogP contribution in [-0.2, 0) is 16.1 Å². The van der Waals surface area contributed by atoms with Crippen LogP contribution in [0.1, 0.15) is 22.3 Å². The van der Waals surface area contributed by atoms with Gasteiger partial charge in [-0.2, -0.15) is 0 Å². The minimum absolute atomic E-state index is 0.240. The summed E-state index contributed by atoms with van der Waals surface area (Å²) in [7, 11) is 1.58. The van der Waals surface area contributed by atoms with Gasteiger partial charge in [-0.25, -0.2) is 9.79 Å². The summed E-state index contributed by atoms with van der Waals surface area (Å²) in [5.41, 5.74) is 4.04. The van der Waals surface area contributed by atoms with E-state index in [2.05, 4.69) is 17.1 Å². The zero-order valence-corrected chi connectivity index (χ0v) is 16.8. The van der Waals surface area contributed by atoms with Gasteiger partial charge in [-0.1, -0.05) is 54.1 Å². The molecule has 5 heteroatoms. The van der Waals surface area contributed by atoms with E-state index in [1.807, 2.05) is 61.5 Å². The van der Waals surface area contributed by atoms with E-state index >= 15 is 0 Å². The predicted octanol–water partition coefficient (Wildman–Crippen LogP) is 4.93. The van der Waals surface area contributed by atoms with Crippen molar-refractivity contribution in [2.75, 3.05) is 7.11 Å². The molecule has 0 aliphatic carbocycles. The lowest BCUT2D eigenvalue weighted by Crippen LogP contribution is -2.04. The lowest BCUT2D eigenvalue weighted by atomic mass is 10.1. The molecule has 5 nitrogen and oxygen atoms in total. The van der Waals surface area contributed by atoms with Crippen molar-refractivity contribution in [1.82, 2.24) is 0 Å². The molecular weight excluding hydrogens is 378 g/mol. The topological polar surface area (TPSA) is 57.1 Å². The Kier molecular flexibility index (Phi) is 5.61. The standard InChI is InChI=1S/C25H21NO4/c1-17-8-10-18(11-9-17)16-29-22-13-12-19(15-23(22)28-2)14-21-25(27)30-24(26-21)20-6-4-3-5-7-20/h3-15H,16H2,1-2H3/b21-14-. The summed E-state index contributed by atoms with van der Waals surface area (Å²) < 4.78 is 16.7. The van der Waals surface area contributed by atoms with Crippen molar-refractivity contribution >= 4 is 17.9 Å². The summed E-state index contributed by atoms with van der Waals surface area (Å²) in [6, 6.07) is 23.0. The highest BCUT2D eigenvalue weighted by molar-refractivity contribution is 6.12. The molecule has 0 spiro atoms. The van der Waals surface area contributed by atoms with Crippen molar-refractivity contribution < 1.29 is 19.0 Å². The summed E-state index contributed by atoms with van der Waals surface area (Å²) in [6.45, 7) is 2.49. The number of rotatable bonds is 6. The normalized spacial score (nSPS) is 14.4. The molecule has 0 fully saturated rings. The number of methoxy groups -OCH3 is 1. The molecule has 0 N–H and O–H groups in total. The lowest BCUT2D eigenvalue weighted by molar-refractivity contribution is -0.129. The molecule has 0 bridgehead atoms. The van der Waals surface area contributed by atoms with Crippen LogP contribution in [0.3, 0.4) is 0 Å². The Morgan fingerprint density at radius 2 is 1.73 bits per heavy atom. The van der Waals surface area contributed by atoms with Gasteiger partial charge in [-0.15, -0.1) is 0 Å². The summed E-state index contributed by atoms with van der Waals surface area (Å²) in [5.74, 6) is 1.03. The molecule has 1 aliphatic heterocycles. The number of cyclic esters (lactones) is 1. The van der Waals surface area contributed by atoms with Crippen molar-refractivity contribution in [3.8, 4) is 11.5 Å². The first-order valence-corrected chi connectivity index (χ1v) is 9.57. The smallest absolute Gasteiger partial charge is 0.363 e. The van der Waals surface area contributed by atoms with Crippen LogP contribution in [-0.4, -0.2) is 19.0 Å². The molecule has 0 saturated carbocycles. The first kappa shape index (κ1) is 19.5. The van der Waals surface area contributed by atoms with Gasteiger partial charge in [-0.05, 0) is 48.4 Å². The lowest BCUT2D eigenvalue weighted by Gasteiger charge is -2.11. The van der Waals surface area contributed by atoms with Gasteiger partial charge in [0.25, 0.3) is 0 Å². The Balaban J connectivity index is 1.53. The quantitative estimate of drug-likeness (QED) is 0.436. The second kappa shape index (κ2) is 8.66. The van der Waals surface area contributed by atoms with Gasteiger partial charge in [0, 0.05) is 5.56 Å². The van der Waals surface area contributed by atoms with Crippen LogP contribution in [0.4, 0.5) is 0 Å². The molecule has 3 aromatic rings. The fourth-order valence-electron chi connectivity index (χ4n) is 3.01. The maximum Gasteiger partial charge on any atom is 0.363 e. The van der Waals surface area contributed by atoms with E-state index in [4.69, 9.17) is 14.2 Å². The average molecular weight is 399 g/mol. The van der Waals surface area contributed by atoms with Crippen LogP contribution < -0.4 is 9.47 Å². The largest absolute Gasteiger partial charge is 0.493 e. The van der Waals surface area contributed by atoms with Crippen molar-refractivity contribution in [3.63, 3.8) is 0 Å². The zero-order valence-electron chi connectivity index (χ0n) is 16.8. The molecule has 1 aliphatic rings. The second-order valence-corrected chi connectivity index (χ2v) is 6.89. The van der Waals surface area contributed by atoms with E-state index in [0.717, 1.165) is 16.7 Å². The SMILES string of the molecule is COc1cc(/C=C2\N=C(c3ccccc3)OC2=O)ccc1OCc1ccc(C)cc1. The molecule has 1 heterocycles. The van der Waals surface area contributed by atoms with Crippen LogP contribution >= 0.6 is 0 Å². The fourth-order valence-corrected chi connectivity index (χ4v) is 3.01. The minimum Gasteiger partial charge on any atom is -0.493 e. The van der Waals surface area contributed by atoms with Gasteiger partial charge in [0.1, 0.15) is 6.61 Å². The van der Waals surface area contributed by atoms with E-state index in [9.17, 15) is 4.79 Å². The summed E-state index contributed by atoms with van der Waals surface area (Å²) in [4.78, 5) is 16.5. The number of nitrogens with zero attached hydrogens (tertiary/aromatic N) is 1. The van der Waals surface area contributed by atoms with Gasteiger partial charge in [0.2, 0.25) is 5.90 Å². The number of carbonyl (C=O) groups is 1. The van der Waals surface area contributed by atoms with E-state index < -0.39 is 5.97 Å². The third-order valence-corrected chi connectivity index (χ3v) is 4.65. The van der Waals surface area contributed by atoms with Crippen molar-refractivity contribution in [1.29, 1.82) is 0 Å². The summed E-state index contributed by atoms with van der Waals surface area (Å²) >= 11 is 0. The first-order valence-electron chi connectivity index (χ1n) is 9.57. The number of hydrogen-bond donors (Lipinski definition) is 0. The Bertz CT molecular complexity index is 1120. The second-order valence-electron chi connectivity index (χ2n) is 6.89. The molecule has 0 unspecified atom stereocenters. The van der Waals surface area contributed by atoms with Crippen molar-refractivity contribution in [2.45, 2.75) is 13.5 Å². The Labute approximate surface area is 175 Å². The van der Waals surface area contributed by atoms with E-state index in [1.54, 1.807) is 19.3 Å². The number of benzene rings is 3. The van der Waals surface area contributed by atoms with Crippen LogP contribution in [0.25, 0.3) is 6.08 Å². The number of carbonyl (C=O) groups excluding carboxylic acids is 1. The average Bonchev–Trinajstić information content (AvgIpc) is 3.14. The molecular formula is C25H21NO4. The monoisotopic (exact) mass is 399 g/mol. The van der Waals surface area contributed by atoms with Gasteiger partial charge in [0.15, 0.2) is 17.2 Å². The van der Waals surface area contributed by atoms with Gasteiger partial charge in [0.05, 0.1) is 7.11 Å². The third kappa shape index (κ3) is 4.41. The van der Waals surface area contributed by atoms with E-state index in [1.165, 1.54) is 5.56 Å². The maximum absolute atomic E-state index is 12.2. The molecule has 30 heavy (non-hydrogen) atoms. The zero-order chi connectivity index (χ0) is 20.9. The number of hydrogen-bond acceptors (Lipinski definition) is 5. The molecule has 0 atom stereocenters. The maximum atomic E-state index is 12.2.